The van der Waals surface area contributed by atoms with E-state index >= 15 is 0 Å². The average Bonchev–Trinajstić information content (AvgIpc) is 3.16. The van der Waals surface area contributed by atoms with E-state index in [-0.39, 0.29) is 6.61 Å². The zero-order valence-corrected chi connectivity index (χ0v) is 13.8. The molecule has 0 fully saturated rings. The Morgan fingerprint density at radius 1 is 1.08 bits per heavy atom. The van der Waals surface area contributed by atoms with Gasteiger partial charge in [-0.05, 0) is 42.0 Å². The number of aliphatic hydroxyl groups excluding tert-OH is 1. The lowest BCUT2D eigenvalue weighted by molar-refractivity contribution is 0.304. The topological polar surface area (TPSA) is 53.3 Å². The predicted molar refractivity (Wildman–Crippen MR) is 97.7 cm³/mol. The monoisotopic (exact) mass is 322 g/mol. The number of rotatable bonds is 7. The maximum Gasteiger partial charge on any atom is 0.0991 e. The second kappa shape index (κ2) is 7.66. The number of hydrogen-bond donors (Lipinski definition) is 2. The van der Waals surface area contributed by atoms with E-state index in [4.69, 9.17) is 5.11 Å². The lowest BCUT2D eigenvalue weighted by atomic mass is 10.2. The fourth-order valence-corrected chi connectivity index (χ4v) is 2.51. The molecule has 0 unspecified atom stereocenters. The zero-order valence-electron chi connectivity index (χ0n) is 13.8. The van der Waals surface area contributed by atoms with Gasteiger partial charge in [-0.1, -0.05) is 12.1 Å². The molecule has 0 saturated carbocycles. The van der Waals surface area contributed by atoms with Crippen molar-refractivity contribution in [1.29, 1.82) is 0 Å². The molecule has 5 nitrogen and oxygen atoms in total. The molecule has 5 heteroatoms. The molecule has 0 amide bonds. The third-order valence-corrected chi connectivity index (χ3v) is 3.98. The Balaban J connectivity index is 1.57. The number of imidazole rings is 1. The summed E-state index contributed by atoms with van der Waals surface area (Å²) in [5.74, 6) is 0. The Hall–Kier alpha value is -2.79. The maximum absolute atomic E-state index is 8.98. The van der Waals surface area contributed by atoms with Crippen molar-refractivity contribution in [2.24, 2.45) is 0 Å². The first-order valence-corrected chi connectivity index (χ1v) is 7.99. The van der Waals surface area contributed by atoms with Gasteiger partial charge in [0.2, 0.25) is 0 Å². The van der Waals surface area contributed by atoms with Crippen molar-refractivity contribution >= 4 is 11.4 Å². The van der Waals surface area contributed by atoms with E-state index in [1.165, 1.54) is 5.56 Å². The highest BCUT2D eigenvalue weighted by Gasteiger charge is 2.01. The first kappa shape index (κ1) is 16.1. The van der Waals surface area contributed by atoms with Gasteiger partial charge in [0.15, 0.2) is 0 Å². The van der Waals surface area contributed by atoms with Gasteiger partial charge in [0.25, 0.3) is 0 Å². The van der Waals surface area contributed by atoms with Crippen LogP contribution in [0.3, 0.4) is 0 Å². The molecule has 3 aromatic rings. The predicted octanol–water partition coefficient (Wildman–Crippen LogP) is 2.91. The van der Waals surface area contributed by atoms with Crippen LogP contribution in [0.4, 0.5) is 11.4 Å². The van der Waals surface area contributed by atoms with E-state index in [1.54, 1.807) is 12.5 Å². The molecule has 2 aromatic carbocycles. The summed E-state index contributed by atoms with van der Waals surface area (Å²) in [6.07, 6.45) is 5.50. The molecule has 124 valence electrons. The standard InChI is InChI=1S/C19H22N4O/c1-22(12-13-24)18-8-4-17(5-9-18)21-14-16-2-6-19(7-3-16)23-11-10-20-15-23/h2-11,15,21,24H,12-14H2,1H3. The van der Waals surface area contributed by atoms with Gasteiger partial charge < -0.3 is 19.9 Å². The van der Waals surface area contributed by atoms with Gasteiger partial charge in [-0.3, -0.25) is 0 Å². The van der Waals surface area contributed by atoms with Crippen molar-refractivity contribution in [3.63, 3.8) is 0 Å². The molecule has 0 spiro atoms. The summed E-state index contributed by atoms with van der Waals surface area (Å²) >= 11 is 0. The molecule has 0 aliphatic rings. The number of aromatic nitrogens is 2. The molecule has 1 aromatic heterocycles. The van der Waals surface area contributed by atoms with Crippen LogP contribution in [0.2, 0.25) is 0 Å². The van der Waals surface area contributed by atoms with E-state index in [1.807, 2.05) is 22.7 Å². The van der Waals surface area contributed by atoms with Crippen molar-refractivity contribution in [2.75, 3.05) is 30.4 Å². The van der Waals surface area contributed by atoms with E-state index in [0.29, 0.717) is 6.54 Å². The van der Waals surface area contributed by atoms with Gasteiger partial charge in [0.1, 0.15) is 0 Å². The van der Waals surface area contributed by atoms with Gasteiger partial charge >= 0.3 is 0 Å². The summed E-state index contributed by atoms with van der Waals surface area (Å²) in [5, 5.41) is 12.4. The normalized spacial score (nSPS) is 10.6. The molecular formula is C19H22N4O. The van der Waals surface area contributed by atoms with Crippen molar-refractivity contribution < 1.29 is 5.11 Å². The largest absolute Gasteiger partial charge is 0.395 e. The first-order valence-electron chi connectivity index (χ1n) is 7.99. The fraction of sp³-hybridized carbons (Fsp3) is 0.211. The summed E-state index contributed by atoms with van der Waals surface area (Å²) < 4.78 is 1.98. The SMILES string of the molecule is CN(CCO)c1ccc(NCc2ccc(-n3ccnc3)cc2)cc1. The number of anilines is 2. The minimum absolute atomic E-state index is 0.158. The molecule has 24 heavy (non-hydrogen) atoms. The van der Waals surface area contributed by atoms with Crippen LogP contribution in [0.5, 0.6) is 0 Å². The molecule has 0 radical (unpaired) electrons. The molecule has 0 aliphatic heterocycles. The van der Waals surface area contributed by atoms with Crippen LogP contribution in [0.15, 0.2) is 67.3 Å². The number of likely N-dealkylation sites (N-methyl/N-ethyl adjacent to an activating group) is 1. The molecule has 1 heterocycles. The summed E-state index contributed by atoms with van der Waals surface area (Å²) in [5.41, 5.74) is 4.50. The smallest absolute Gasteiger partial charge is 0.0991 e. The first-order chi connectivity index (χ1) is 11.8. The van der Waals surface area contributed by atoms with Gasteiger partial charge in [0, 0.05) is 49.6 Å². The van der Waals surface area contributed by atoms with Crippen LogP contribution in [0, 0.1) is 0 Å². The highest BCUT2D eigenvalue weighted by molar-refractivity contribution is 5.55. The lowest BCUT2D eigenvalue weighted by Crippen LogP contribution is -2.20. The number of benzene rings is 2. The summed E-state index contributed by atoms with van der Waals surface area (Å²) in [4.78, 5) is 6.09. The number of aliphatic hydroxyl groups is 1. The van der Waals surface area contributed by atoms with Crippen LogP contribution >= 0.6 is 0 Å². The van der Waals surface area contributed by atoms with Gasteiger partial charge in [-0.15, -0.1) is 0 Å². The summed E-state index contributed by atoms with van der Waals surface area (Å²) in [6, 6.07) is 16.6. The molecule has 3 rings (SSSR count). The third-order valence-electron chi connectivity index (χ3n) is 3.98. The Kier molecular flexibility index (Phi) is 5.13. The van der Waals surface area contributed by atoms with Crippen LogP contribution in [0.1, 0.15) is 5.56 Å². The Bertz CT molecular complexity index is 736. The van der Waals surface area contributed by atoms with Crippen LogP contribution in [-0.4, -0.2) is 34.9 Å². The second-order valence-electron chi connectivity index (χ2n) is 5.68. The highest BCUT2D eigenvalue weighted by atomic mass is 16.3. The van der Waals surface area contributed by atoms with E-state index in [2.05, 4.69) is 58.8 Å². The highest BCUT2D eigenvalue weighted by Crippen LogP contribution is 2.17. The summed E-state index contributed by atoms with van der Waals surface area (Å²) in [6.45, 7) is 1.57. The van der Waals surface area contributed by atoms with Crippen molar-refractivity contribution in [3.05, 3.63) is 72.8 Å². The van der Waals surface area contributed by atoms with E-state index < -0.39 is 0 Å². The minimum atomic E-state index is 0.158. The zero-order chi connectivity index (χ0) is 16.8. The Morgan fingerprint density at radius 3 is 2.46 bits per heavy atom. The molecule has 0 aliphatic carbocycles. The van der Waals surface area contributed by atoms with Crippen LogP contribution in [-0.2, 0) is 6.54 Å². The number of nitrogens with one attached hydrogen (secondary N) is 1. The Morgan fingerprint density at radius 2 is 1.83 bits per heavy atom. The fourth-order valence-electron chi connectivity index (χ4n) is 2.51. The Labute approximate surface area is 142 Å². The number of nitrogens with zero attached hydrogens (tertiary/aromatic N) is 3. The molecule has 0 saturated heterocycles. The molecule has 0 atom stereocenters. The van der Waals surface area contributed by atoms with Gasteiger partial charge in [0.05, 0.1) is 12.9 Å². The van der Waals surface area contributed by atoms with E-state index in [0.717, 1.165) is 23.6 Å². The van der Waals surface area contributed by atoms with E-state index in [9.17, 15) is 0 Å². The van der Waals surface area contributed by atoms with Gasteiger partial charge in [-0.2, -0.15) is 0 Å². The van der Waals surface area contributed by atoms with Crippen molar-refractivity contribution in [3.8, 4) is 5.69 Å². The quantitative estimate of drug-likeness (QED) is 0.702. The molecule has 0 bridgehead atoms. The summed E-state index contributed by atoms with van der Waals surface area (Å²) in [7, 11) is 1.97. The number of hydrogen-bond acceptors (Lipinski definition) is 4. The van der Waals surface area contributed by atoms with Crippen molar-refractivity contribution in [1.82, 2.24) is 9.55 Å². The average molecular weight is 322 g/mol. The third kappa shape index (κ3) is 3.94. The lowest BCUT2D eigenvalue weighted by Gasteiger charge is -2.18. The maximum atomic E-state index is 8.98. The van der Waals surface area contributed by atoms with Crippen molar-refractivity contribution in [2.45, 2.75) is 6.54 Å². The van der Waals surface area contributed by atoms with Crippen LogP contribution < -0.4 is 10.2 Å². The minimum Gasteiger partial charge on any atom is -0.395 e. The molecule has 2 N–H and O–H groups in total. The molecular weight excluding hydrogens is 300 g/mol. The van der Waals surface area contributed by atoms with Crippen LogP contribution in [0.25, 0.3) is 5.69 Å². The van der Waals surface area contributed by atoms with Gasteiger partial charge in [-0.25, -0.2) is 4.98 Å². The second-order valence-corrected chi connectivity index (χ2v) is 5.68.